The van der Waals surface area contributed by atoms with E-state index in [4.69, 9.17) is 9.47 Å². The quantitative estimate of drug-likeness (QED) is 0.409. The summed E-state index contributed by atoms with van der Waals surface area (Å²) in [7, 11) is -1.83. The lowest BCUT2D eigenvalue weighted by molar-refractivity contribution is 0.161. The largest absolute Gasteiger partial charge is 0.490 e. The fourth-order valence-corrected chi connectivity index (χ4v) is 5.71. The Labute approximate surface area is 222 Å². The van der Waals surface area contributed by atoms with Crippen LogP contribution >= 0.6 is 0 Å². The van der Waals surface area contributed by atoms with Crippen LogP contribution in [0.5, 0.6) is 17.5 Å². The van der Waals surface area contributed by atoms with Gasteiger partial charge in [0.2, 0.25) is 5.56 Å². The number of unbranched alkanes of at least 4 members (excludes halogenated alkanes) is 1. The lowest BCUT2D eigenvalue weighted by atomic mass is 10.1. The molecule has 0 saturated carbocycles. The monoisotopic (exact) mass is 544 g/mol. The zero-order valence-corrected chi connectivity index (χ0v) is 22.7. The van der Waals surface area contributed by atoms with E-state index in [1.54, 1.807) is 38.4 Å². The van der Waals surface area contributed by atoms with Crippen LogP contribution in [0.4, 0.5) is 4.39 Å². The molecule has 2 aromatic heterocycles. The lowest BCUT2D eigenvalue weighted by Crippen LogP contribution is -2.34. The Kier molecular flexibility index (Phi) is 8.78. The number of aryl methyl sites for hydroxylation is 2. The van der Waals surface area contributed by atoms with E-state index in [1.807, 2.05) is 6.92 Å². The van der Waals surface area contributed by atoms with Crippen molar-refractivity contribution in [2.45, 2.75) is 51.4 Å². The van der Waals surface area contributed by atoms with Crippen LogP contribution in [0.3, 0.4) is 0 Å². The molecule has 0 bridgehead atoms. The van der Waals surface area contributed by atoms with Gasteiger partial charge in [-0.2, -0.15) is 9.97 Å². The molecule has 0 amide bonds. The van der Waals surface area contributed by atoms with Crippen molar-refractivity contribution in [3.05, 3.63) is 64.0 Å². The number of rotatable bonds is 10. The lowest BCUT2D eigenvalue weighted by Gasteiger charge is -2.24. The van der Waals surface area contributed by atoms with Gasteiger partial charge in [0.15, 0.2) is 21.4 Å². The summed E-state index contributed by atoms with van der Waals surface area (Å²) in [5.41, 5.74) is 1.43. The van der Waals surface area contributed by atoms with Crippen LogP contribution in [0.15, 0.2) is 41.3 Å². The fourth-order valence-electron chi connectivity index (χ4n) is 4.24. The van der Waals surface area contributed by atoms with Crippen molar-refractivity contribution in [2.75, 3.05) is 18.8 Å². The predicted molar refractivity (Wildman–Crippen MR) is 143 cm³/mol. The smallest absolute Gasteiger partial charge is 0.322 e. The molecule has 204 valence electrons. The molecule has 1 saturated heterocycles. The molecule has 4 rings (SSSR count). The van der Waals surface area contributed by atoms with Crippen LogP contribution in [0, 0.1) is 12.7 Å². The summed E-state index contributed by atoms with van der Waals surface area (Å²) in [5.74, 6) is -0.565. The van der Waals surface area contributed by atoms with E-state index in [9.17, 15) is 13.2 Å². The Morgan fingerprint density at radius 2 is 1.92 bits per heavy atom. The van der Waals surface area contributed by atoms with Gasteiger partial charge in [0.05, 0.1) is 22.9 Å². The van der Waals surface area contributed by atoms with Crippen LogP contribution in [0.2, 0.25) is 0 Å². The molecule has 1 aromatic carbocycles. The number of benzene rings is 1. The maximum absolute atomic E-state index is 15.2. The summed E-state index contributed by atoms with van der Waals surface area (Å²) in [6.45, 7) is 5.32. The van der Waals surface area contributed by atoms with Crippen molar-refractivity contribution >= 4 is 9.84 Å². The minimum absolute atomic E-state index is 0.0147. The van der Waals surface area contributed by atoms with Crippen LogP contribution < -0.4 is 20.3 Å². The molecule has 0 aliphatic carbocycles. The predicted octanol–water partition coefficient (Wildman–Crippen LogP) is 3.93. The Bertz CT molecular complexity index is 1430. The number of ether oxygens (including phenoxy) is 2. The van der Waals surface area contributed by atoms with E-state index in [2.05, 4.69) is 15.3 Å². The van der Waals surface area contributed by atoms with E-state index in [0.29, 0.717) is 29.0 Å². The average molecular weight is 545 g/mol. The van der Waals surface area contributed by atoms with Gasteiger partial charge in [0, 0.05) is 30.9 Å². The summed E-state index contributed by atoms with van der Waals surface area (Å²) in [6, 6.07) is 7.31. The third-order valence-corrected chi connectivity index (χ3v) is 7.95. The van der Waals surface area contributed by atoms with Gasteiger partial charge in [-0.1, -0.05) is 13.3 Å². The zero-order valence-electron chi connectivity index (χ0n) is 21.9. The van der Waals surface area contributed by atoms with Gasteiger partial charge in [-0.15, -0.1) is 0 Å². The number of aromatic nitrogens is 3. The SMILES string of the molecule is CCCCS(=O)(=O)Cc1cc(-c2ccc(=O)n(C)c2)nc(Oc2c(C)cc(OC3CCNCC3)cc2F)n1. The van der Waals surface area contributed by atoms with Crippen molar-refractivity contribution in [3.8, 4) is 28.8 Å². The Morgan fingerprint density at radius 3 is 2.61 bits per heavy atom. The molecule has 38 heavy (non-hydrogen) atoms. The molecule has 0 spiro atoms. The molecule has 0 unspecified atom stereocenters. The van der Waals surface area contributed by atoms with Gasteiger partial charge in [-0.25, -0.2) is 12.8 Å². The summed E-state index contributed by atoms with van der Waals surface area (Å²) < 4.78 is 53.7. The second-order valence-corrected chi connectivity index (χ2v) is 11.7. The topological polar surface area (TPSA) is 112 Å². The number of nitrogens with zero attached hydrogens (tertiary/aromatic N) is 3. The first-order valence-corrected chi connectivity index (χ1v) is 14.6. The molecule has 3 aromatic rings. The van der Waals surface area contributed by atoms with Crippen LogP contribution in [0.25, 0.3) is 11.3 Å². The van der Waals surface area contributed by atoms with Crippen LogP contribution in [-0.2, 0) is 22.6 Å². The van der Waals surface area contributed by atoms with Gasteiger partial charge in [-0.05, 0) is 63.0 Å². The molecular weight excluding hydrogens is 511 g/mol. The van der Waals surface area contributed by atoms with Crippen molar-refractivity contribution in [2.24, 2.45) is 7.05 Å². The van der Waals surface area contributed by atoms with E-state index >= 15 is 4.39 Å². The molecule has 9 nitrogen and oxygen atoms in total. The fraction of sp³-hybridized carbons (Fsp3) is 0.444. The highest BCUT2D eigenvalue weighted by Gasteiger charge is 2.20. The number of hydrogen-bond donors (Lipinski definition) is 1. The average Bonchev–Trinajstić information content (AvgIpc) is 2.87. The van der Waals surface area contributed by atoms with Crippen molar-refractivity contribution < 1.29 is 22.3 Å². The number of sulfone groups is 1. The third-order valence-electron chi connectivity index (χ3n) is 6.30. The summed E-state index contributed by atoms with van der Waals surface area (Å²) in [5, 5.41) is 3.27. The molecule has 3 heterocycles. The number of piperidine rings is 1. The first kappa shape index (κ1) is 27.7. The Balaban J connectivity index is 1.67. The molecule has 0 radical (unpaired) electrons. The van der Waals surface area contributed by atoms with Gasteiger partial charge in [0.1, 0.15) is 11.9 Å². The summed E-state index contributed by atoms with van der Waals surface area (Å²) in [6.07, 6.45) is 4.57. The minimum atomic E-state index is -3.43. The highest BCUT2D eigenvalue weighted by atomic mass is 32.2. The second-order valence-electron chi connectivity index (χ2n) is 9.56. The van der Waals surface area contributed by atoms with Gasteiger partial charge in [0.25, 0.3) is 0 Å². The number of hydrogen-bond acceptors (Lipinski definition) is 8. The second kappa shape index (κ2) is 12.0. The summed E-state index contributed by atoms with van der Waals surface area (Å²) in [4.78, 5) is 20.6. The molecule has 1 N–H and O–H groups in total. The van der Waals surface area contributed by atoms with E-state index in [1.165, 1.54) is 16.7 Å². The zero-order chi connectivity index (χ0) is 27.3. The van der Waals surface area contributed by atoms with E-state index < -0.39 is 15.7 Å². The molecular formula is C27H33FN4O5S. The maximum atomic E-state index is 15.2. The molecule has 1 fully saturated rings. The van der Waals surface area contributed by atoms with Gasteiger partial charge < -0.3 is 19.4 Å². The molecule has 11 heteroatoms. The highest BCUT2D eigenvalue weighted by Crippen LogP contribution is 2.32. The normalized spacial score (nSPS) is 14.4. The van der Waals surface area contributed by atoms with Gasteiger partial charge >= 0.3 is 6.01 Å². The van der Waals surface area contributed by atoms with Gasteiger partial charge in [-0.3, -0.25) is 4.79 Å². The number of halogens is 1. The molecule has 1 aliphatic heterocycles. The first-order chi connectivity index (χ1) is 18.1. The molecule has 0 atom stereocenters. The van der Waals surface area contributed by atoms with E-state index in [0.717, 1.165) is 32.4 Å². The highest BCUT2D eigenvalue weighted by molar-refractivity contribution is 7.90. The third kappa shape index (κ3) is 7.16. The van der Waals surface area contributed by atoms with Crippen molar-refractivity contribution in [1.82, 2.24) is 19.9 Å². The van der Waals surface area contributed by atoms with Crippen LogP contribution in [0.1, 0.15) is 43.9 Å². The first-order valence-electron chi connectivity index (χ1n) is 12.7. The van der Waals surface area contributed by atoms with Crippen molar-refractivity contribution in [3.63, 3.8) is 0 Å². The standard InChI is InChI=1S/C27H33FN4O5S/c1-4-5-12-38(34,35)17-20-14-24(19-6-7-25(33)32(3)16-19)31-27(30-20)37-26-18(2)13-22(15-23(26)28)36-21-8-10-29-11-9-21/h6-7,13-16,21,29H,4-5,8-12,17H2,1-3H3. The number of pyridine rings is 1. The molecule has 1 aliphatic rings. The maximum Gasteiger partial charge on any atom is 0.322 e. The van der Waals surface area contributed by atoms with Crippen molar-refractivity contribution in [1.29, 1.82) is 0 Å². The Hall–Kier alpha value is -3.31. The summed E-state index contributed by atoms with van der Waals surface area (Å²) >= 11 is 0. The number of nitrogens with one attached hydrogen (secondary N) is 1. The minimum Gasteiger partial charge on any atom is -0.490 e. The van der Waals surface area contributed by atoms with Crippen LogP contribution in [-0.4, -0.2) is 47.9 Å². The Morgan fingerprint density at radius 1 is 1.16 bits per heavy atom. The van der Waals surface area contributed by atoms with E-state index in [-0.39, 0.29) is 40.6 Å².